The Bertz CT molecular complexity index is 760. The predicted octanol–water partition coefficient (Wildman–Crippen LogP) is 1.89. The number of anilines is 1. The number of aryl methyl sites for hydroxylation is 1. The minimum atomic E-state index is -0.710. The molecule has 0 fully saturated rings. The molecule has 2 amide bonds. The van der Waals surface area contributed by atoms with Crippen molar-refractivity contribution in [3.63, 3.8) is 0 Å². The Morgan fingerprint density at radius 1 is 1.08 bits per heavy atom. The van der Waals surface area contributed by atoms with Gasteiger partial charge in [0.25, 0.3) is 0 Å². The summed E-state index contributed by atoms with van der Waals surface area (Å²) in [6.07, 6.45) is -0.337. The average molecular weight is 326 g/mol. The van der Waals surface area contributed by atoms with Crippen molar-refractivity contribution < 1.29 is 19.1 Å². The monoisotopic (exact) mass is 326 g/mol. The molecule has 6 nitrogen and oxygen atoms in total. The number of benzene rings is 2. The van der Waals surface area contributed by atoms with Crippen LogP contribution in [-0.4, -0.2) is 31.1 Å². The number of hydrogen-bond donors (Lipinski definition) is 2. The van der Waals surface area contributed by atoms with E-state index in [1.165, 1.54) is 0 Å². The zero-order valence-corrected chi connectivity index (χ0v) is 13.2. The molecule has 2 aromatic carbocycles. The number of hydrogen-bond acceptors (Lipinski definition) is 4. The largest absolute Gasteiger partial charge is 0.486 e. The van der Waals surface area contributed by atoms with Crippen molar-refractivity contribution in [3.8, 4) is 11.5 Å². The quantitative estimate of drug-likeness (QED) is 0.845. The van der Waals surface area contributed by atoms with Gasteiger partial charge in [-0.05, 0) is 36.8 Å². The Morgan fingerprint density at radius 3 is 2.67 bits per heavy atom. The molecule has 0 spiro atoms. The van der Waals surface area contributed by atoms with Crippen molar-refractivity contribution >= 4 is 17.5 Å². The van der Waals surface area contributed by atoms with E-state index in [0.717, 1.165) is 5.56 Å². The van der Waals surface area contributed by atoms with E-state index < -0.39 is 11.8 Å². The highest BCUT2D eigenvalue weighted by molar-refractivity contribution is 6.39. The number of fused-ring (bicyclic) bond motifs is 1. The van der Waals surface area contributed by atoms with E-state index >= 15 is 0 Å². The van der Waals surface area contributed by atoms with Crippen LogP contribution < -0.4 is 20.1 Å². The second-order valence-corrected chi connectivity index (χ2v) is 5.53. The highest BCUT2D eigenvalue weighted by Gasteiger charge is 2.22. The van der Waals surface area contributed by atoms with Gasteiger partial charge in [0.15, 0.2) is 11.5 Å². The third kappa shape index (κ3) is 3.84. The second-order valence-electron chi connectivity index (χ2n) is 5.53. The van der Waals surface area contributed by atoms with Gasteiger partial charge in [0.1, 0.15) is 12.7 Å². The van der Waals surface area contributed by atoms with Crippen LogP contribution in [0.2, 0.25) is 0 Å². The van der Waals surface area contributed by atoms with Gasteiger partial charge in [-0.15, -0.1) is 0 Å². The molecule has 0 aromatic heterocycles. The van der Waals surface area contributed by atoms with Gasteiger partial charge >= 0.3 is 11.8 Å². The number of nitrogens with one attached hydrogen (secondary N) is 2. The lowest BCUT2D eigenvalue weighted by Gasteiger charge is -2.26. The molecule has 1 heterocycles. The van der Waals surface area contributed by atoms with Crippen LogP contribution in [0.5, 0.6) is 11.5 Å². The van der Waals surface area contributed by atoms with E-state index in [1.54, 1.807) is 18.2 Å². The molecule has 1 atom stereocenters. The first-order valence-electron chi connectivity index (χ1n) is 7.66. The summed E-state index contributed by atoms with van der Waals surface area (Å²) in [6.45, 7) is 2.42. The second kappa shape index (κ2) is 7.04. The third-order valence-corrected chi connectivity index (χ3v) is 3.54. The number of ether oxygens (including phenoxy) is 2. The fraction of sp³-hybridized carbons (Fsp3) is 0.222. The molecule has 2 aromatic rings. The molecular weight excluding hydrogens is 308 g/mol. The molecule has 124 valence electrons. The van der Waals surface area contributed by atoms with E-state index in [1.807, 2.05) is 37.3 Å². The number of rotatable bonds is 3. The summed E-state index contributed by atoms with van der Waals surface area (Å²) in [5, 5.41) is 5.12. The SMILES string of the molecule is Cc1cccc(NC(=O)C(=O)NCC2COc3ccccc3O2)c1. The molecular formula is C18H18N2O4. The minimum Gasteiger partial charge on any atom is -0.486 e. The van der Waals surface area contributed by atoms with Crippen molar-refractivity contribution in [2.24, 2.45) is 0 Å². The normalized spacial score (nSPS) is 15.5. The van der Waals surface area contributed by atoms with Gasteiger partial charge in [-0.1, -0.05) is 24.3 Å². The minimum absolute atomic E-state index is 0.189. The lowest BCUT2D eigenvalue weighted by molar-refractivity contribution is -0.136. The molecule has 0 saturated heterocycles. The summed E-state index contributed by atoms with van der Waals surface area (Å²) < 4.78 is 11.3. The summed E-state index contributed by atoms with van der Waals surface area (Å²) >= 11 is 0. The van der Waals surface area contributed by atoms with Crippen molar-refractivity contribution in [2.45, 2.75) is 13.0 Å². The molecule has 0 bridgehead atoms. The molecule has 1 unspecified atom stereocenters. The van der Waals surface area contributed by atoms with Crippen molar-refractivity contribution in [3.05, 3.63) is 54.1 Å². The predicted molar refractivity (Wildman–Crippen MR) is 89.2 cm³/mol. The Morgan fingerprint density at radius 2 is 1.88 bits per heavy atom. The number of carbonyl (C=O) groups excluding carboxylic acids is 2. The van der Waals surface area contributed by atoms with Crippen LogP contribution >= 0.6 is 0 Å². The summed E-state index contributed by atoms with van der Waals surface area (Å²) in [5.74, 6) is -0.110. The Kier molecular flexibility index (Phi) is 4.65. The van der Waals surface area contributed by atoms with Crippen LogP contribution in [0.4, 0.5) is 5.69 Å². The summed E-state index contributed by atoms with van der Waals surface area (Å²) in [7, 11) is 0. The van der Waals surface area contributed by atoms with Crippen LogP contribution in [0.3, 0.4) is 0 Å². The highest BCUT2D eigenvalue weighted by Crippen LogP contribution is 2.30. The van der Waals surface area contributed by atoms with Crippen LogP contribution in [0.15, 0.2) is 48.5 Å². The molecule has 1 aliphatic rings. The first-order valence-corrected chi connectivity index (χ1v) is 7.66. The van der Waals surface area contributed by atoms with E-state index in [4.69, 9.17) is 9.47 Å². The van der Waals surface area contributed by atoms with Gasteiger partial charge in [-0.3, -0.25) is 9.59 Å². The lowest BCUT2D eigenvalue weighted by Crippen LogP contribution is -2.44. The van der Waals surface area contributed by atoms with E-state index in [0.29, 0.717) is 23.8 Å². The fourth-order valence-corrected chi connectivity index (χ4v) is 2.36. The van der Waals surface area contributed by atoms with Crippen LogP contribution in [0.1, 0.15) is 5.56 Å². The lowest BCUT2D eigenvalue weighted by atomic mass is 10.2. The highest BCUT2D eigenvalue weighted by atomic mass is 16.6. The Balaban J connectivity index is 1.50. The first-order chi connectivity index (χ1) is 11.6. The molecule has 1 aliphatic heterocycles. The maximum absolute atomic E-state index is 11.9. The van der Waals surface area contributed by atoms with Crippen molar-refractivity contribution in [2.75, 3.05) is 18.5 Å². The molecule has 0 aliphatic carbocycles. The maximum Gasteiger partial charge on any atom is 0.313 e. The first kappa shape index (κ1) is 15.9. The third-order valence-electron chi connectivity index (χ3n) is 3.54. The standard InChI is InChI=1S/C18H18N2O4/c1-12-5-4-6-13(9-12)20-18(22)17(21)19-10-14-11-23-15-7-2-3-8-16(15)24-14/h2-9,14H,10-11H2,1H3,(H,19,21)(H,20,22). The van der Waals surface area contributed by atoms with E-state index in [-0.39, 0.29) is 12.6 Å². The fourth-order valence-electron chi connectivity index (χ4n) is 2.36. The number of amides is 2. The average Bonchev–Trinajstić information content (AvgIpc) is 2.59. The topological polar surface area (TPSA) is 76.7 Å². The van der Waals surface area contributed by atoms with Crippen molar-refractivity contribution in [1.29, 1.82) is 0 Å². The molecule has 0 radical (unpaired) electrons. The summed E-state index contributed by atoms with van der Waals surface area (Å²) in [6, 6.07) is 14.6. The van der Waals surface area contributed by atoms with Gasteiger partial charge in [0.05, 0.1) is 6.54 Å². The van der Waals surface area contributed by atoms with Gasteiger partial charge in [-0.2, -0.15) is 0 Å². The van der Waals surface area contributed by atoms with Crippen LogP contribution in [0.25, 0.3) is 0 Å². The van der Waals surface area contributed by atoms with Gasteiger partial charge in [-0.25, -0.2) is 0 Å². The Hall–Kier alpha value is -3.02. The van der Waals surface area contributed by atoms with Gasteiger partial charge in [0, 0.05) is 5.69 Å². The van der Waals surface area contributed by atoms with E-state index in [2.05, 4.69) is 10.6 Å². The number of carbonyl (C=O) groups is 2. The van der Waals surface area contributed by atoms with Crippen LogP contribution in [-0.2, 0) is 9.59 Å². The van der Waals surface area contributed by atoms with Crippen molar-refractivity contribution in [1.82, 2.24) is 5.32 Å². The number of para-hydroxylation sites is 2. The van der Waals surface area contributed by atoms with Crippen LogP contribution in [0, 0.1) is 6.92 Å². The Labute approximate surface area is 139 Å². The van der Waals surface area contributed by atoms with E-state index in [9.17, 15) is 9.59 Å². The maximum atomic E-state index is 11.9. The summed E-state index contributed by atoms with van der Waals surface area (Å²) in [5.41, 5.74) is 1.58. The molecule has 2 N–H and O–H groups in total. The smallest absolute Gasteiger partial charge is 0.313 e. The zero-order chi connectivity index (χ0) is 16.9. The molecule has 6 heteroatoms. The summed E-state index contributed by atoms with van der Waals surface area (Å²) in [4.78, 5) is 23.8. The molecule has 0 saturated carbocycles. The molecule has 24 heavy (non-hydrogen) atoms. The van der Waals surface area contributed by atoms with Gasteiger partial charge in [0.2, 0.25) is 0 Å². The van der Waals surface area contributed by atoms with Gasteiger partial charge < -0.3 is 20.1 Å². The zero-order valence-electron chi connectivity index (χ0n) is 13.2. The molecule has 3 rings (SSSR count).